The van der Waals surface area contributed by atoms with E-state index >= 15 is 0 Å². The van der Waals surface area contributed by atoms with Gasteiger partial charge in [0.2, 0.25) is 0 Å². The van der Waals surface area contributed by atoms with E-state index in [1.54, 1.807) is 6.92 Å². The molecule has 1 nitrogen and oxygen atoms in total. The normalized spacial score (nSPS) is 14.8. The summed E-state index contributed by atoms with van der Waals surface area (Å²) >= 11 is 0.805. The average Bonchev–Trinajstić information content (AvgIpc) is 2.21. The van der Waals surface area contributed by atoms with Gasteiger partial charge in [0.25, 0.3) is 0 Å². The predicted molar refractivity (Wildman–Crippen MR) is 52.9 cm³/mol. The summed E-state index contributed by atoms with van der Waals surface area (Å²) in [7, 11) is 0. The van der Waals surface area contributed by atoms with Gasteiger partial charge in [-0.25, -0.2) is 4.39 Å². The predicted octanol–water partition coefficient (Wildman–Crippen LogP) is 3.97. The quantitative estimate of drug-likeness (QED) is 0.541. The molecule has 102 valence electrons. The van der Waals surface area contributed by atoms with Crippen molar-refractivity contribution in [2.75, 3.05) is 5.75 Å². The SMILES string of the molecule is CCC(=O)SCCCC(F)C(F)(F)C(F)(F)F. The summed E-state index contributed by atoms with van der Waals surface area (Å²) in [5.41, 5.74) is 0. The van der Waals surface area contributed by atoms with E-state index in [1.165, 1.54) is 0 Å². The number of hydrogen-bond acceptors (Lipinski definition) is 2. The minimum atomic E-state index is -5.88. The molecule has 0 saturated carbocycles. The number of hydrogen-bond donors (Lipinski definition) is 0. The van der Waals surface area contributed by atoms with E-state index in [1.807, 2.05) is 0 Å². The second-order valence-electron chi connectivity index (χ2n) is 3.30. The van der Waals surface area contributed by atoms with Crippen molar-refractivity contribution in [3.05, 3.63) is 0 Å². The van der Waals surface area contributed by atoms with Crippen LogP contribution in [0.3, 0.4) is 0 Å². The van der Waals surface area contributed by atoms with Crippen LogP contribution in [0.25, 0.3) is 0 Å². The number of alkyl halides is 6. The van der Waals surface area contributed by atoms with Crippen LogP contribution in [0.15, 0.2) is 0 Å². The van der Waals surface area contributed by atoms with Crippen LogP contribution < -0.4 is 0 Å². The summed E-state index contributed by atoms with van der Waals surface area (Å²) in [5.74, 6) is -5.28. The molecule has 0 aliphatic carbocycles. The molecule has 0 aromatic heterocycles. The van der Waals surface area contributed by atoms with Gasteiger partial charge in [-0.2, -0.15) is 22.0 Å². The van der Waals surface area contributed by atoms with E-state index in [-0.39, 0.29) is 23.7 Å². The average molecular weight is 282 g/mol. The van der Waals surface area contributed by atoms with Crippen molar-refractivity contribution < 1.29 is 31.1 Å². The van der Waals surface area contributed by atoms with Crippen LogP contribution in [0.1, 0.15) is 26.2 Å². The lowest BCUT2D eigenvalue weighted by atomic mass is 10.1. The van der Waals surface area contributed by atoms with Crippen LogP contribution >= 0.6 is 11.8 Å². The third-order valence-corrected chi connectivity index (χ3v) is 3.03. The Hall–Kier alpha value is -0.400. The molecule has 0 bridgehead atoms. The van der Waals surface area contributed by atoms with Gasteiger partial charge >= 0.3 is 12.1 Å². The van der Waals surface area contributed by atoms with Crippen molar-refractivity contribution in [2.45, 2.75) is 44.5 Å². The zero-order valence-electron chi connectivity index (χ0n) is 8.99. The lowest BCUT2D eigenvalue weighted by Gasteiger charge is -2.22. The summed E-state index contributed by atoms with van der Waals surface area (Å²) in [6.45, 7) is 1.59. The maximum Gasteiger partial charge on any atom is 0.456 e. The molecular formula is C9H12F6OS. The van der Waals surface area contributed by atoms with Gasteiger partial charge in [-0.05, 0) is 12.8 Å². The summed E-state index contributed by atoms with van der Waals surface area (Å²) < 4.78 is 72.7. The van der Waals surface area contributed by atoms with Crippen molar-refractivity contribution in [1.29, 1.82) is 0 Å². The maximum absolute atomic E-state index is 12.7. The molecule has 0 radical (unpaired) electrons. The molecule has 0 saturated heterocycles. The molecule has 1 atom stereocenters. The molecular weight excluding hydrogens is 270 g/mol. The first-order valence-electron chi connectivity index (χ1n) is 4.87. The molecule has 0 spiro atoms. The number of carbonyl (C=O) groups excluding carboxylic acids is 1. The highest BCUT2D eigenvalue weighted by Crippen LogP contribution is 2.40. The molecule has 0 aromatic rings. The van der Waals surface area contributed by atoms with E-state index in [0.29, 0.717) is 0 Å². The van der Waals surface area contributed by atoms with Gasteiger partial charge in [0.05, 0.1) is 0 Å². The minimum absolute atomic E-state index is 0.0427. The highest BCUT2D eigenvalue weighted by Gasteiger charge is 2.62. The Kier molecular flexibility index (Phi) is 6.36. The summed E-state index contributed by atoms with van der Waals surface area (Å²) in [6, 6.07) is 0. The van der Waals surface area contributed by atoms with Crippen molar-refractivity contribution >= 4 is 16.9 Å². The Morgan fingerprint density at radius 1 is 1.24 bits per heavy atom. The molecule has 0 aliphatic rings. The fourth-order valence-electron chi connectivity index (χ4n) is 0.909. The molecule has 0 aliphatic heterocycles. The summed E-state index contributed by atoms with van der Waals surface area (Å²) in [5, 5.41) is -0.206. The fourth-order valence-corrected chi connectivity index (χ4v) is 1.65. The molecule has 17 heavy (non-hydrogen) atoms. The van der Waals surface area contributed by atoms with Crippen LogP contribution in [0.2, 0.25) is 0 Å². The van der Waals surface area contributed by atoms with Crippen molar-refractivity contribution in [1.82, 2.24) is 0 Å². The van der Waals surface area contributed by atoms with Gasteiger partial charge in [-0.15, -0.1) is 0 Å². The molecule has 0 N–H and O–H groups in total. The molecule has 0 heterocycles. The monoisotopic (exact) mass is 282 g/mol. The van der Waals surface area contributed by atoms with Crippen molar-refractivity contribution in [2.24, 2.45) is 0 Å². The number of thioether (sulfide) groups is 1. The van der Waals surface area contributed by atoms with Crippen LogP contribution in [-0.4, -0.2) is 29.1 Å². The molecule has 0 rings (SSSR count). The second kappa shape index (κ2) is 6.51. The molecule has 0 amide bonds. The van der Waals surface area contributed by atoms with Crippen molar-refractivity contribution in [3.63, 3.8) is 0 Å². The van der Waals surface area contributed by atoms with Gasteiger partial charge in [0.15, 0.2) is 11.3 Å². The summed E-state index contributed by atoms with van der Waals surface area (Å²) in [4.78, 5) is 10.8. The molecule has 0 fully saturated rings. The van der Waals surface area contributed by atoms with Gasteiger partial charge in [0.1, 0.15) is 0 Å². The van der Waals surface area contributed by atoms with Gasteiger partial charge < -0.3 is 0 Å². The number of halogens is 6. The van der Waals surface area contributed by atoms with E-state index in [4.69, 9.17) is 0 Å². The first-order chi connectivity index (χ1) is 7.63. The smallest absolute Gasteiger partial charge is 0.287 e. The lowest BCUT2D eigenvalue weighted by molar-refractivity contribution is -0.303. The Labute approximate surface area is 98.9 Å². The second-order valence-corrected chi connectivity index (χ2v) is 4.46. The number of carbonyl (C=O) groups is 1. The van der Waals surface area contributed by atoms with E-state index in [2.05, 4.69) is 0 Å². The van der Waals surface area contributed by atoms with Gasteiger partial charge in [0, 0.05) is 12.2 Å². The number of rotatable bonds is 6. The lowest BCUT2D eigenvalue weighted by Crippen LogP contribution is -2.44. The third kappa shape index (κ3) is 5.18. The highest BCUT2D eigenvalue weighted by molar-refractivity contribution is 8.13. The molecule has 8 heteroatoms. The first-order valence-corrected chi connectivity index (χ1v) is 5.85. The first kappa shape index (κ1) is 16.6. The summed E-state index contributed by atoms with van der Waals surface area (Å²) in [6.07, 6.45) is -10.0. The van der Waals surface area contributed by atoms with Gasteiger partial charge in [-0.3, -0.25) is 4.79 Å². The Morgan fingerprint density at radius 3 is 2.18 bits per heavy atom. The van der Waals surface area contributed by atoms with Crippen LogP contribution in [-0.2, 0) is 4.79 Å². The third-order valence-electron chi connectivity index (χ3n) is 1.92. The van der Waals surface area contributed by atoms with E-state index in [0.717, 1.165) is 11.8 Å². The Bertz CT molecular complexity index is 252. The van der Waals surface area contributed by atoms with Gasteiger partial charge in [-0.1, -0.05) is 18.7 Å². The zero-order chi connectivity index (χ0) is 13.7. The Balaban J connectivity index is 4.02. The highest BCUT2D eigenvalue weighted by atomic mass is 32.2. The van der Waals surface area contributed by atoms with E-state index < -0.39 is 24.7 Å². The minimum Gasteiger partial charge on any atom is -0.287 e. The largest absolute Gasteiger partial charge is 0.456 e. The molecule has 0 aromatic carbocycles. The standard InChI is InChI=1S/C9H12F6OS/c1-2-7(16)17-5-3-4-6(10)8(11,12)9(13,14)15/h6H,2-5H2,1H3. The topological polar surface area (TPSA) is 17.1 Å². The van der Waals surface area contributed by atoms with E-state index in [9.17, 15) is 31.1 Å². The Morgan fingerprint density at radius 2 is 1.76 bits per heavy atom. The van der Waals surface area contributed by atoms with Crippen LogP contribution in [0.5, 0.6) is 0 Å². The van der Waals surface area contributed by atoms with Crippen molar-refractivity contribution in [3.8, 4) is 0 Å². The van der Waals surface area contributed by atoms with Crippen LogP contribution in [0.4, 0.5) is 26.3 Å². The fraction of sp³-hybridized carbons (Fsp3) is 0.889. The maximum atomic E-state index is 12.7. The van der Waals surface area contributed by atoms with Crippen LogP contribution in [0, 0.1) is 0 Å². The molecule has 1 unspecified atom stereocenters. The zero-order valence-corrected chi connectivity index (χ0v) is 9.81.